The van der Waals surface area contributed by atoms with Crippen LogP contribution in [0, 0.1) is 0 Å². The van der Waals surface area contributed by atoms with E-state index >= 15 is 0 Å². The molecule has 0 bridgehead atoms. The first-order chi connectivity index (χ1) is 12.1. The molecule has 134 valence electrons. The zero-order valence-electron chi connectivity index (χ0n) is 14.7. The average molecular weight is 344 g/mol. The molecule has 0 aliphatic carbocycles. The summed E-state index contributed by atoms with van der Waals surface area (Å²) in [5, 5.41) is 2.87. The molecule has 0 aromatic heterocycles. The van der Waals surface area contributed by atoms with Gasteiger partial charge in [-0.2, -0.15) is 0 Å². The Hall–Kier alpha value is -2.73. The molecule has 0 saturated heterocycles. The number of hydrogen-bond acceptors (Lipinski definition) is 5. The number of hydrogen-bond donors (Lipinski definition) is 2. The molecule has 0 saturated carbocycles. The number of nitrogens with two attached hydrogens (primary N) is 1. The van der Waals surface area contributed by atoms with E-state index in [9.17, 15) is 4.79 Å². The lowest BCUT2D eigenvalue weighted by Crippen LogP contribution is -2.27. The first-order valence-corrected chi connectivity index (χ1v) is 7.95. The molecule has 0 aliphatic rings. The molecular formula is C19H24N2O4. The Morgan fingerprint density at radius 3 is 2.28 bits per heavy atom. The van der Waals surface area contributed by atoms with Crippen LogP contribution in [-0.4, -0.2) is 27.2 Å². The molecule has 1 amide bonds. The number of benzene rings is 2. The van der Waals surface area contributed by atoms with E-state index < -0.39 is 0 Å². The Kier molecular flexibility index (Phi) is 6.65. The second kappa shape index (κ2) is 8.94. The molecule has 3 N–H and O–H groups in total. The van der Waals surface area contributed by atoms with E-state index in [-0.39, 0.29) is 18.4 Å². The van der Waals surface area contributed by atoms with E-state index in [2.05, 4.69) is 5.32 Å². The van der Waals surface area contributed by atoms with Crippen LogP contribution in [0.4, 0.5) is 0 Å². The normalized spacial score (nSPS) is 11.5. The van der Waals surface area contributed by atoms with Crippen molar-refractivity contribution in [2.24, 2.45) is 5.73 Å². The number of rotatable bonds is 8. The second-order valence-electron chi connectivity index (χ2n) is 5.49. The average Bonchev–Trinajstić information content (AvgIpc) is 2.65. The van der Waals surface area contributed by atoms with Crippen LogP contribution in [-0.2, 0) is 11.3 Å². The molecule has 0 aliphatic heterocycles. The fourth-order valence-electron chi connectivity index (χ4n) is 2.59. The van der Waals surface area contributed by atoms with E-state index in [0.29, 0.717) is 23.8 Å². The highest BCUT2D eigenvalue weighted by Crippen LogP contribution is 2.39. The Morgan fingerprint density at radius 2 is 1.68 bits per heavy atom. The molecule has 0 spiro atoms. The van der Waals surface area contributed by atoms with Crippen LogP contribution >= 0.6 is 0 Å². The molecule has 2 rings (SSSR count). The van der Waals surface area contributed by atoms with Crippen molar-refractivity contribution < 1.29 is 19.0 Å². The zero-order chi connectivity index (χ0) is 18.2. The highest BCUT2D eigenvalue weighted by Gasteiger charge is 2.17. The largest absolute Gasteiger partial charge is 0.493 e. The van der Waals surface area contributed by atoms with Gasteiger partial charge in [0.25, 0.3) is 0 Å². The van der Waals surface area contributed by atoms with Gasteiger partial charge in [0.05, 0.1) is 21.3 Å². The van der Waals surface area contributed by atoms with Gasteiger partial charge in [-0.3, -0.25) is 4.79 Å². The highest BCUT2D eigenvalue weighted by atomic mass is 16.5. The maximum absolute atomic E-state index is 12.2. The number of amides is 1. The van der Waals surface area contributed by atoms with Crippen molar-refractivity contribution in [2.45, 2.75) is 19.0 Å². The van der Waals surface area contributed by atoms with Crippen LogP contribution in [0.15, 0.2) is 42.5 Å². The fraction of sp³-hybridized carbons (Fsp3) is 0.316. The molecule has 25 heavy (non-hydrogen) atoms. The molecule has 6 nitrogen and oxygen atoms in total. The summed E-state index contributed by atoms with van der Waals surface area (Å²) >= 11 is 0. The van der Waals surface area contributed by atoms with Crippen molar-refractivity contribution in [1.82, 2.24) is 5.32 Å². The summed E-state index contributed by atoms with van der Waals surface area (Å²) in [6, 6.07) is 12.8. The van der Waals surface area contributed by atoms with Gasteiger partial charge in [0, 0.05) is 24.6 Å². The lowest BCUT2D eigenvalue weighted by molar-refractivity contribution is -0.121. The highest BCUT2D eigenvalue weighted by molar-refractivity contribution is 5.77. The van der Waals surface area contributed by atoms with Gasteiger partial charge in [0.2, 0.25) is 11.7 Å². The summed E-state index contributed by atoms with van der Waals surface area (Å²) in [7, 11) is 4.65. The Bertz CT molecular complexity index is 704. The molecule has 0 radical (unpaired) electrons. The molecule has 1 atom stereocenters. The van der Waals surface area contributed by atoms with Crippen molar-refractivity contribution in [1.29, 1.82) is 0 Å². The predicted octanol–water partition coefficient (Wildman–Crippen LogP) is 2.42. The monoisotopic (exact) mass is 344 g/mol. The van der Waals surface area contributed by atoms with Gasteiger partial charge in [-0.1, -0.05) is 30.3 Å². The van der Waals surface area contributed by atoms with Crippen molar-refractivity contribution in [3.05, 3.63) is 53.6 Å². The van der Waals surface area contributed by atoms with Crippen LogP contribution in [0.2, 0.25) is 0 Å². The number of nitrogens with one attached hydrogen (secondary N) is 1. The maximum atomic E-state index is 12.2. The van der Waals surface area contributed by atoms with Crippen LogP contribution in [0.25, 0.3) is 0 Å². The summed E-state index contributed by atoms with van der Waals surface area (Å²) in [5.41, 5.74) is 7.81. The van der Waals surface area contributed by atoms with E-state index in [1.54, 1.807) is 27.4 Å². The van der Waals surface area contributed by atoms with E-state index in [4.69, 9.17) is 19.9 Å². The smallest absolute Gasteiger partial charge is 0.222 e. The van der Waals surface area contributed by atoms with E-state index in [1.807, 2.05) is 36.4 Å². The predicted molar refractivity (Wildman–Crippen MR) is 95.9 cm³/mol. The van der Waals surface area contributed by atoms with Crippen LogP contribution < -0.4 is 25.3 Å². The third-order valence-electron chi connectivity index (χ3n) is 3.89. The van der Waals surface area contributed by atoms with Crippen LogP contribution in [0.1, 0.15) is 23.6 Å². The first kappa shape index (κ1) is 18.6. The third-order valence-corrected chi connectivity index (χ3v) is 3.89. The van der Waals surface area contributed by atoms with E-state index in [0.717, 1.165) is 11.1 Å². The zero-order valence-corrected chi connectivity index (χ0v) is 14.7. The van der Waals surface area contributed by atoms with Gasteiger partial charge in [-0.05, 0) is 17.7 Å². The summed E-state index contributed by atoms with van der Waals surface area (Å²) in [6.45, 7) is 0.309. The number of carbonyl (C=O) groups is 1. The topological polar surface area (TPSA) is 82.8 Å². The van der Waals surface area contributed by atoms with E-state index in [1.165, 1.54) is 0 Å². The summed E-state index contributed by atoms with van der Waals surface area (Å²) in [6.07, 6.45) is 0.208. The van der Waals surface area contributed by atoms with Crippen molar-refractivity contribution >= 4 is 5.91 Å². The lowest BCUT2D eigenvalue weighted by atomic mass is 10.0. The van der Waals surface area contributed by atoms with Crippen LogP contribution in [0.3, 0.4) is 0 Å². The van der Waals surface area contributed by atoms with Gasteiger partial charge in [0.1, 0.15) is 0 Å². The number of methoxy groups -OCH3 is 3. The van der Waals surface area contributed by atoms with Crippen molar-refractivity contribution in [2.75, 3.05) is 21.3 Å². The Morgan fingerprint density at radius 1 is 1.00 bits per heavy atom. The summed E-state index contributed by atoms with van der Waals surface area (Å²) in [4.78, 5) is 12.2. The van der Waals surface area contributed by atoms with Gasteiger partial charge >= 0.3 is 0 Å². The molecule has 0 heterocycles. The maximum Gasteiger partial charge on any atom is 0.222 e. The van der Waals surface area contributed by atoms with Crippen molar-refractivity contribution in [3.8, 4) is 17.2 Å². The second-order valence-corrected chi connectivity index (χ2v) is 5.49. The quantitative estimate of drug-likeness (QED) is 0.768. The van der Waals surface area contributed by atoms with Crippen molar-refractivity contribution in [3.63, 3.8) is 0 Å². The minimum Gasteiger partial charge on any atom is -0.493 e. The van der Waals surface area contributed by atoms with Gasteiger partial charge < -0.3 is 25.3 Å². The summed E-state index contributed by atoms with van der Waals surface area (Å²) < 4.78 is 16.0. The standard InChI is InChI=1S/C19H24N2O4/c1-23-16-10-9-14(18(24-2)19(16)25-3)12-21-17(22)11-15(20)13-7-5-4-6-8-13/h4-10,15H,11-12,20H2,1-3H3,(H,21,22). The molecule has 6 heteroatoms. The number of ether oxygens (including phenoxy) is 3. The minimum absolute atomic E-state index is 0.131. The molecule has 2 aromatic carbocycles. The van der Waals surface area contributed by atoms with Crippen LogP contribution in [0.5, 0.6) is 17.2 Å². The molecule has 0 fully saturated rings. The molecule has 2 aromatic rings. The minimum atomic E-state index is -0.339. The number of carbonyl (C=O) groups excluding carboxylic acids is 1. The van der Waals surface area contributed by atoms with Gasteiger partial charge in [-0.25, -0.2) is 0 Å². The Balaban J connectivity index is 2.02. The molecular weight excluding hydrogens is 320 g/mol. The Labute approximate surface area is 147 Å². The first-order valence-electron chi connectivity index (χ1n) is 7.95. The SMILES string of the molecule is COc1ccc(CNC(=O)CC(N)c2ccccc2)c(OC)c1OC. The third kappa shape index (κ3) is 4.64. The fourth-order valence-corrected chi connectivity index (χ4v) is 2.59. The molecule has 1 unspecified atom stereocenters. The van der Waals surface area contributed by atoms with Gasteiger partial charge in [0.15, 0.2) is 11.5 Å². The summed E-state index contributed by atoms with van der Waals surface area (Å²) in [5.74, 6) is 1.47. The van der Waals surface area contributed by atoms with Gasteiger partial charge in [-0.15, -0.1) is 0 Å². The lowest BCUT2D eigenvalue weighted by Gasteiger charge is -2.17.